The molecule has 1 aromatic carbocycles. The van der Waals surface area contributed by atoms with Crippen LogP contribution in [0, 0.1) is 12.8 Å². The van der Waals surface area contributed by atoms with E-state index in [4.69, 9.17) is 0 Å². The molecule has 0 fully saturated rings. The number of anilines is 1. The Morgan fingerprint density at radius 1 is 1.18 bits per heavy atom. The maximum absolute atomic E-state index is 12.4. The zero-order chi connectivity index (χ0) is 16.1. The molecule has 1 aromatic heterocycles. The molecule has 1 atom stereocenters. The van der Waals surface area contributed by atoms with Crippen LogP contribution >= 0.6 is 11.3 Å². The molecule has 1 heterocycles. The fourth-order valence-electron chi connectivity index (χ4n) is 1.94. The third kappa shape index (κ3) is 4.14. The van der Waals surface area contributed by atoms with Crippen molar-refractivity contribution in [3.63, 3.8) is 0 Å². The zero-order valence-electron chi connectivity index (χ0n) is 12.8. The summed E-state index contributed by atoms with van der Waals surface area (Å²) in [4.78, 5) is 28.8. The van der Waals surface area contributed by atoms with E-state index in [0.29, 0.717) is 10.7 Å². The van der Waals surface area contributed by atoms with E-state index in [-0.39, 0.29) is 17.7 Å². The molecule has 0 saturated carbocycles. The van der Waals surface area contributed by atoms with Gasteiger partial charge in [0.25, 0.3) is 5.91 Å². The van der Waals surface area contributed by atoms with Gasteiger partial charge < -0.3 is 10.6 Å². The molecule has 0 aliphatic rings. The van der Waals surface area contributed by atoms with Crippen molar-refractivity contribution in [1.29, 1.82) is 0 Å². The Bertz CT molecular complexity index is 652. The van der Waals surface area contributed by atoms with Crippen molar-refractivity contribution in [3.8, 4) is 0 Å². The molecule has 0 spiro atoms. The van der Waals surface area contributed by atoms with Crippen molar-refractivity contribution in [2.45, 2.75) is 26.8 Å². The zero-order valence-corrected chi connectivity index (χ0v) is 13.6. The standard InChI is InChI=1S/C16H19N3O2S/c1-10(2)13(15(21)19-16-17-11(3)9-22-16)18-14(20)12-7-5-4-6-8-12/h4-10,13H,1-3H3,(H,18,20)(H,17,19,21)/t13-/m0/s1. The number of hydrogen-bond acceptors (Lipinski definition) is 4. The van der Waals surface area contributed by atoms with Crippen molar-refractivity contribution < 1.29 is 9.59 Å². The van der Waals surface area contributed by atoms with Crippen molar-refractivity contribution in [2.75, 3.05) is 5.32 Å². The second-order valence-corrected chi connectivity index (χ2v) is 6.20. The van der Waals surface area contributed by atoms with Gasteiger partial charge in [-0.25, -0.2) is 4.98 Å². The van der Waals surface area contributed by atoms with Gasteiger partial charge in [0.05, 0.1) is 5.69 Å². The lowest BCUT2D eigenvalue weighted by molar-refractivity contribution is -0.118. The molecule has 116 valence electrons. The van der Waals surface area contributed by atoms with Crippen LogP contribution in [0.5, 0.6) is 0 Å². The minimum atomic E-state index is -0.614. The fourth-order valence-corrected chi connectivity index (χ4v) is 2.63. The molecule has 0 aliphatic carbocycles. The van der Waals surface area contributed by atoms with Crippen LogP contribution in [0.1, 0.15) is 29.9 Å². The molecule has 2 N–H and O–H groups in total. The number of aromatic nitrogens is 1. The number of aryl methyl sites for hydroxylation is 1. The van der Waals surface area contributed by atoms with E-state index in [9.17, 15) is 9.59 Å². The summed E-state index contributed by atoms with van der Waals surface area (Å²) in [6.45, 7) is 5.65. The Morgan fingerprint density at radius 3 is 2.41 bits per heavy atom. The number of nitrogens with one attached hydrogen (secondary N) is 2. The molecule has 0 unspecified atom stereocenters. The molecule has 2 amide bonds. The maximum Gasteiger partial charge on any atom is 0.251 e. The summed E-state index contributed by atoms with van der Waals surface area (Å²) in [5.41, 5.74) is 1.39. The Labute approximate surface area is 133 Å². The van der Waals surface area contributed by atoms with Crippen LogP contribution in [-0.2, 0) is 4.79 Å². The van der Waals surface area contributed by atoms with Gasteiger partial charge in [-0.1, -0.05) is 32.0 Å². The SMILES string of the molecule is Cc1csc(NC(=O)[C@@H](NC(=O)c2ccccc2)C(C)C)n1. The van der Waals surface area contributed by atoms with Gasteiger partial charge in [0, 0.05) is 10.9 Å². The Morgan fingerprint density at radius 2 is 1.86 bits per heavy atom. The molecule has 0 radical (unpaired) electrons. The second-order valence-electron chi connectivity index (χ2n) is 5.34. The number of carbonyl (C=O) groups is 2. The summed E-state index contributed by atoms with van der Waals surface area (Å²) in [6, 6.07) is 8.24. The highest BCUT2D eigenvalue weighted by molar-refractivity contribution is 7.13. The number of rotatable bonds is 5. The lowest BCUT2D eigenvalue weighted by Crippen LogP contribution is -2.47. The van der Waals surface area contributed by atoms with Crippen molar-refractivity contribution in [1.82, 2.24) is 10.3 Å². The Balaban J connectivity index is 2.06. The smallest absolute Gasteiger partial charge is 0.251 e. The summed E-state index contributed by atoms with van der Waals surface area (Å²) in [6.07, 6.45) is 0. The van der Waals surface area contributed by atoms with E-state index < -0.39 is 6.04 Å². The normalized spacial score (nSPS) is 12.0. The van der Waals surface area contributed by atoms with E-state index in [1.165, 1.54) is 11.3 Å². The molecule has 0 saturated heterocycles. The molecule has 2 rings (SSSR count). The minimum Gasteiger partial charge on any atom is -0.340 e. The quantitative estimate of drug-likeness (QED) is 0.891. The minimum absolute atomic E-state index is 0.0336. The molecule has 5 nitrogen and oxygen atoms in total. The van der Waals surface area contributed by atoms with Gasteiger partial charge >= 0.3 is 0 Å². The van der Waals surface area contributed by atoms with Gasteiger partial charge in [-0.3, -0.25) is 9.59 Å². The second kappa shape index (κ2) is 7.17. The first-order valence-electron chi connectivity index (χ1n) is 7.06. The number of hydrogen-bond donors (Lipinski definition) is 2. The summed E-state index contributed by atoms with van der Waals surface area (Å²) in [5.74, 6) is -0.549. The maximum atomic E-state index is 12.4. The van der Waals surface area contributed by atoms with Gasteiger partial charge in [-0.15, -0.1) is 11.3 Å². The van der Waals surface area contributed by atoms with E-state index in [0.717, 1.165) is 5.69 Å². The van der Waals surface area contributed by atoms with Crippen LogP contribution in [0.25, 0.3) is 0 Å². The van der Waals surface area contributed by atoms with Crippen LogP contribution < -0.4 is 10.6 Å². The third-order valence-corrected chi connectivity index (χ3v) is 4.00. The topological polar surface area (TPSA) is 71.1 Å². The first kappa shape index (κ1) is 16.2. The van der Waals surface area contributed by atoms with Gasteiger partial charge in [0.2, 0.25) is 5.91 Å². The molecule has 6 heteroatoms. The largest absolute Gasteiger partial charge is 0.340 e. The first-order valence-corrected chi connectivity index (χ1v) is 7.94. The number of nitrogens with zero attached hydrogens (tertiary/aromatic N) is 1. The number of thiazole rings is 1. The average Bonchev–Trinajstić information content (AvgIpc) is 2.90. The predicted molar refractivity (Wildman–Crippen MR) is 88.0 cm³/mol. The number of amides is 2. The average molecular weight is 317 g/mol. The molecule has 2 aromatic rings. The number of benzene rings is 1. The Hall–Kier alpha value is -2.21. The van der Waals surface area contributed by atoms with Crippen LogP contribution in [0.2, 0.25) is 0 Å². The van der Waals surface area contributed by atoms with Crippen LogP contribution in [0.15, 0.2) is 35.7 Å². The third-order valence-electron chi connectivity index (χ3n) is 3.12. The molecular weight excluding hydrogens is 298 g/mol. The monoisotopic (exact) mass is 317 g/mol. The van der Waals surface area contributed by atoms with E-state index in [1.54, 1.807) is 24.3 Å². The highest BCUT2D eigenvalue weighted by atomic mass is 32.1. The predicted octanol–water partition coefficient (Wildman–Crippen LogP) is 2.84. The van der Waals surface area contributed by atoms with E-state index >= 15 is 0 Å². The summed E-state index contributed by atoms with van der Waals surface area (Å²) in [7, 11) is 0. The van der Waals surface area contributed by atoms with Gasteiger partial charge in [-0.2, -0.15) is 0 Å². The highest BCUT2D eigenvalue weighted by Crippen LogP contribution is 2.16. The Kier molecular flexibility index (Phi) is 5.27. The lowest BCUT2D eigenvalue weighted by atomic mass is 10.0. The van der Waals surface area contributed by atoms with Gasteiger partial charge in [0.15, 0.2) is 5.13 Å². The summed E-state index contributed by atoms with van der Waals surface area (Å²) in [5, 5.41) is 7.95. The van der Waals surface area contributed by atoms with Crippen LogP contribution in [0.3, 0.4) is 0 Å². The lowest BCUT2D eigenvalue weighted by Gasteiger charge is -2.21. The van der Waals surface area contributed by atoms with E-state index in [1.807, 2.05) is 32.2 Å². The number of carbonyl (C=O) groups excluding carboxylic acids is 2. The molecular formula is C16H19N3O2S. The van der Waals surface area contributed by atoms with Crippen molar-refractivity contribution >= 4 is 28.3 Å². The van der Waals surface area contributed by atoms with Crippen LogP contribution in [0.4, 0.5) is 5.13 Å². The van der Waals surface area contributed by atoms with Gasteiger partial charge in [-0.05, 0) is 25.0 Å². The summed E-state index contributed by atoms with van der Waals surface area (Å²) < 4.78 is 0. The molecule has 0 aliphatic heterocycles. The van der Waals surface area contributed by atoms with E-state index in [2.05, 4.69) is 15.6 Å². The fraction of sp³-hybridized carbons (Fsp3) is 0.312. The van der Waals surface area contributed by atoms with Crippen molar-refractivity contribution in [3.05, 3.63) is 47.0 Å². The van der Waals surface area contributed by atoms with Gasteiger partial charge in [0.1, 0.15) is 6.04 Å². The first-order chi connectivity index (χ1) is 10.5. The van der Waals surface area contributed by atoms with Crippen molar-refractivity contribution in [2.24, 2.45) is 5.92 Å². The van der Waals surface area contributed by atoms with Crippen LogP contribution in [-0.4, -0.2) is 22.8 Å². The molecule has 0 bridgehead atoms. The highest BCUT2D eigenvalue weighted by Gasteiger charge is 2.25. The summed E-state index contributed by atoms with van der Waals surface area (Å²) >= 11 is 1.37. The molecule has 22 heavy (non-hydrogen) atoms.